The first-order valence-electron chi connectivity index (χ1n) is 6.45. The summed E-state index contributed by atoms with van der Waals surface area (Å²) in [6.45, 7) is 1.71. The first-order valence-corrected chi connectivity index (χ1v) is 8.68. The zero-order chi connectivity index (χ0) is 15.8. The molecule has 2 N–H and O–H groups in total. The van der Waals surface area contributed by atoms with Crippen molar-refractivity contribution in [2.45, 2.75) is 30.7 Å². The Balaban J connectivity index is 2.56. The number of benzene rings is 1. The molecule has 0 spiro atoms. The van der Waals surface area contributed by atoms with Gasteiger partial charge in [-0.25, -0.2) is 13.2 Å². The van der Waals surface area contributed by atoms with Gasteiger partial charge in [0.05, 0.1) is 17.1 Å². The summed E-state index contributed by atoms with van der Waals surface area (Å²) in [6, 6.07) is 2.11. The lowest BCUT2D eigenvalue weighted by molar-refractivity contribution is 0.0696. The summed E-state index contributed by atoms with van der Waals surface area (Å²) < 4.78 is 27.2. The van der Waals surface area contributed by atoms with E-state index in [1.165, 1.54) is 16.4 Å². The van der Waals surface area contributed by atoms with Crippen molar-refractivity contribution in [1.29, 1.82) is 0 Å². The summed E-state index contributed by atoms with van der Waals surface area (Å²) in [5.74, 6) is -1.19. The van der Waals surface area contributed by atoms with Gasteiger partial charge in [-0.1, -0.05) is 15.9 Å². The molecule has 1 atom stereocenters. The van der Waals surface area contributed by atoms with E-state index in [2.05, 4.69) is 15.9 Å². The highest BCUT2D eigenvalue weighted by atomic mass is 79.9. The third kappa shape index (κ3) is 2.98. The zero-order valence-corrected chi connectivity index (χ0v) is 13.8. The van der Waals surface area contributed by atoms with Crippen molar-refractivity contribution in [3.63, 3.8) is 0 Å². The molecule has 0 saturated carbocycles. The highest BCUT2D eigenvalue weighted by Gasteiger charge is 2.36. The molecule has 1 saturated heterocycles. The molecule has 1 aliphatic rings. The number of rotatable bonds is 4. The van der Waals surface area contributed by atoms with E-state index in [0.717, 1.165) is 0 Å². The van der Waals surface area contributed by atoms with Crippen LogP contribution in [0.2, 0.25) is 0 Å². The second kappa shape index (κ2) is 6.04. The molecule has 0 aliphatic carbocycles. The van der Waals surface area contributed by atoms with Crippen molar-refractivity contribution in [3.05, 3.63) is 27.7 Å². The summed E-state index contributed by atoms with van der Waals surface area (Å²) in [6.07, 6.45) is 1.29. The Labute approximate surface area is 131 Å². The maximum absolute atomic E-state index is 12.8. The Kier molecular flexibility index (Phi) is 4.72. The Morgan fingerprint density at radius 3 is 2.71 bits per heavy atom. The summed E-state index contributed by atoms with van der Waals surface area (Å²) in [4.78, 5) is 11.1. The fourth-order valence-corrected chi connectivity index (χ4v) is 5.03. The van der Waals surface area contributed by atoms with Crippen molar-refractivity contribution in [2.24, 2.45) is 0 Å². The van der Waals surface area contributed by atoms with Crippen molar-refractivity contribution in [1.82, 2.24) is 4.31 Å². The molecule has 0 bridgehead atoms. The molecular weight excluding hydrogens is 362 g/mol. The van der Waals surface area contributed by atoms with Crippen LogP contribution < -0.4 is 0 Å². The molecular formula is C13H16BrNO5S. The van der Waals surface area contributed by atoms with Crippen LogP contribution in [0.1, 0.15) is 28.8 Å². The Morgan fingerprint density at radius 1 is 1.48 bits per heavy atom. The lowest BCUT2D eigenvalue weighted by atomic mass is 10.1. The first-order chi connectivity index (χ1) is 9.78. The predicted octanol–water partition coefficient (Wildman–Crippen LogP) is 1.60. The molecule has 1 aromatic carbocycles. The van der Waals surface area contributed by atoms with Crippen LogP contribution in [-0.2, 0) is 10.0 Å². The number of aliphatic hydroxyl groups excluding tert-OH is 1. The molecule has 0 unspecified atom stereocenters. The number of carboxylic acid groups (broad SMARTS) is 1. The van der Waals surface area contributed by atoms with Gasteiger partial charge in [-0.2, -0.15) is 4.31 Å². The largest absolute Gasteiger partial charge is 0.478 e. The summed E-state index contributed by atoms with van der Waals surface area (Å²) in [7, 11) is -3.83. The molecule has 1 heterocycles. The van der Waals surface area contributed by atoms with Crippen LogP contribution in [-0.4, -0.2) is 48.1 Å². The third-order valence-electron chi connectivity index (χ3n) is 3.66. The molecule has 8 heteroatoms. The van der Waals surface area contributed by atoms with Crippen LogP contribution in [0.15, 0.2) is 21.5 Å². The zero-order valence-electron chi connectivity index (χ0n) is 11.4. The first kappa shape index (κ1) is 16.4. The van der Waals surface area contributed by atoms with E-state index in [1.807, 2.05) is 0 Å². The van der Waals surface area contributed by atoms with Crippen LogP contribution in [0.5, 0.6) is 0 Å². The van der Waals surface area contributed by atoms with E-state index in [-0.39, 0.29) is 17.1 Å². The fourth-order valence-electron chi connectivity index (χ4n) is 2.48. The maximum atomic E-state index is 12.8. The highest BCUT2D eigenvalue weighted by Crippen LogP contribution is 2.31. The van der Waals surface area contributed by atoms with Crippen LogP contribution in [0, 0.1) is 6.92 Å². The van der Waals surface area contributed by atoms with Gasteiger partial charge < -0.3 is 10.2 Å². The molecule has 1 fully saturated rings. The number of hydrogen-bond donors (Lipinski definition) is 2. The van der Waals surface area contributed by atoms with Gasteiger partial charge in [0.15, 0.2) is 0 Å². The highest BCUT2D eigenvalue weighted by molar-refractivity contribution is 9.10. The van der Waals surface area contributed by atoms with Gasteiger partial charge in [0.2, 0.25) is 10.0 Å². The summed E-state index contributed by atoms with van der Waals surface area (Å²) >= 11 is 3.20. The number of nitrogens with zero attached hydrogens (tertiary/aromatic N) is 1. The molecule has 0 radical (unpaired) electrons. The van der Waals surface area contributed by atoms with Crippen molar-refractivity contribution >= 4 is 31.9 Å². The van der Waals surface area contributed by atoms with Gasteiger partial charge >= 0.3 is 5.97 Å². The van der Waals surface area contributed by atoms with E-state index in [4.69, 9.17) is 5.11 Å². The number of aliphatic hydroxyl groups is 1. The summed E-state index contributed by atoms with van der Waals surface area (Å²) in [5.41, 5.74) is 0.370. The minimum Gasteiger partial charge on any atom is -0.478 e. The van der Waals surface area contributed by atoms with E-state index in [9.17, 15) is 18.3 Å². The Hall–Kier alpha value is -0.960. The van der Waals surface area contributed by atoms with Gasteiger partial charge in [0, 0.05) is 17.1 Å². The number of aromatic carboxylic acids is 1. The Bertz CT molecular complexity index is 673. The Morgan fingerprint density at radius 2 is 2.14 bits per heavy atom. The summed E-state index contributed by atoms with van der Waals surface area (Å²) in [5, 5.41) is 18.4. The monoisotopic (exact) mass is 377 g/mol. The lowest BCUT2D eigenvalue weighted by Gasteiger charge is -2.23. The van der Waals surface area contributed by atoms with Crippen molar-refractivity contribution < 1.29 is 23.4 Å². The normalized spacial score (nSPS) is 19.9. The van der Waals surface area contributed by atoms with Crippen LogP contribution in [0.3, 0.4) is 0 Å². The van der Waals surface area contributed by atoms with Gasteiger partial charge in [-0.15, -0.1) is 0 Å². The third-order valence-corrected chi connectivity index (χ3v) is 6.57. The number of carboxylic acids is 1. The SMILES string of the molecule is Cc1c(Br)cc(C(=O)O)cc1S(=O)(=O)N1CCC[C@@H]1CO. The van der Waals surface area contributed by atoms with Gasteiger partial charge in [-0.05, 0) is 37.5 Å². The molecule has 0 amide bonds. The van der Waals surface area contributed by atoms with E-state index < -0.39 is 22.0 Å². The predicted molar refractivity (Wildman–Crippen MR) is 79.8 cm³/mol. The average Bonchev–Trinajstić information content (AvgIpc) is 2.90. The minimum absolute atomic E-state index is 0.0328. The van der Waals surface area contributed by atoms with E-state index >= 15 is 0 Å². The van der Waals surface area contributed by atoms with Gasteiger partial charge in [-0.3, -0.25) is 0 Å². The smallest absolute Gasteiger partial charge is 0.335 e. The van der Waals surface area contributed by atoms with Crippen LogP contribution in [0.25, 0.3) is 0 Å². The molecule has 6 nitrogen and oxygen atoms in total. The quantitative estimate of drug-likeness (QED) is 0.830. The standard InChI is InChI=1S/C13H16BrNO5S/c1-8-11(14)5-9(13(17)18)6-12(8)21(19,20)15-4-2-3-10(15)7-16/h5-6,10,16H,2-4,7H2,1H3,(H,17,18)/t10-/m1/s1. The van der Waals surface area contributed by atoms with Crippen molar-refractivity contribution in [2.75, 3.05) is 13.2 Å². The molecule has 1 aromatic rings. The topological polar surface area (TPSA) is 94.9 Å². The number of hydrogen-bond acceptors (Lipinski definition) is 4. The van der Waals surface area contributed by atoms with Gasteiger partial charge in [0.25, 0.3) is 0 Å². The lowest BCUT2D eigenvalue weighted by Crippen LogP contribution is -2.38. The average molecular weight is 378 g/mol. The van der Waals surface area contributed by atoms with Crippen LogP contribution in [0.4, 0.5) is 0 Å². The van der Waals surface area contributed by atoms with E-state index in [1.54, 1.807) is 6.92 Å². The second-order valence-electron chi connectivity index (χ2n) is 4.98. The van der Waals surface area contributed by atoms with Crippen LogP contribution >= 0.6 is 15.9 Å². The fraction of sp³-hybridized carbons (Fsp3) is 0.462. The molecule has 116 valence electrons. The minimum atomic E-state index is -3.83. The molecule has 21 heavy (non-hydrogen) atoms. The second-order valence-corrected chi connectivity index (χ2v) is 7.69. The molecule has 0 aromatic heterocycles. The number of sulfonamides is 1. The van der Waals surface area contributed by atoms with Gasteiger partial charge in [0.1, 0.15) is 0 Å². The van der Waals surface area contributed by atoms with E-state index in [0.29, 0.717) is 29.4 Å². The molecule has 2 rings (SSSR count). The molecule has 1 aliphatic heterocycles. The number of halogens is 1. The van der Waals surface area contributed by atoms with Crippen molar-refractivity contribution in [3.8, 4) is 0 Å². The number of carbonyl (C=O) groups is 1. The maximum Gasteiger partial charge on any atom is 0.335 e.